The molecule has 118 valence electrons. The fourth-order valence-electron chi connectivity index (χ4n) is 3.59. The number of rotatable bonds is 7. The van der Waals surface area contributed by atoms with Crippen LogP contribution in [0.3, 0.4) is 0 Å². The molecule has 1 aliphatic carbocycles. The van der Waals surface area contributed by atoms with Crippen molar-refractivity contribution in [2.24, 2.45) is 11.8 Å². The van der Waals surface area contributed by atoms with Gasteiger partial charge in [-0.1, -0.05) is 62.9 Å². The van der Waals surface area contributed by atoms with Crippen molar-refractivity contribution in [3.8, 4) is 6.07 Å². The van der Waals surface area contributed by atoms with Crippen LogP contribution in [-0.4, -0.2) is 0 Å². The van der Waals surface area contributed by atoms with Crippen LogP contribution in [0.1, 0.15) is 63.0 Å². The number of benzene rings is 1. The molecule has 0 amide bonds. The number of aryl methyl sites for hydroxylation is 2. The van der Waals surface area contributed by atoms with Gasteiger partial charge in [0.25, 0.3) is 0 Å². The molecule has 0 aromatic heterocycles. The number of allylic oxidation sites excluding steroid dienone is 2. The maximum absolute atomic E-state index is 8.48. The Morgan fingerprint density at radius 2 is 1.59 bits per heavy atom. The summed E-state index contributed by atoms with van der Waals surface area (Å²) in [7, 11) is 0. The summed E-state index contributed by atoms with van der Waals surface area (Å²) >= 11 is 0. The molecular weight excluding hydrogens is 266 g/mol. The van der Waals surface area contributed by atoms with E-state index in [1.54, 1.807) is 6.08 Å². The highest BCUT2D eigenvalue weighted by molar-refractivity contribution is 5.22. The molecule has 1 saturated carbocycles. The summed E-state index contributed by atoms with van der Waals surface area (Å²) in [4.78, 5) is 0. The molecule has 0 bridgehead atoms. The molecule has 1 heteroatoms. The predicted octanol–water partition coefficient (Wildman–Crippen LogP) is 5.85. The van der Waals surface area contributed by atoms with Gasteiger partial charge in [0.1, 0.15) is 0 Å². The summed E-state index contributed by atoms with van der Waals surface area (Å²) in [6, 6.07) is 11.3. The Bertz CT molecular complexity index is 484. The van der Waals surface area contributed by atoms with Gasteiger partial charge in [0.05, 0.1) is 6.07 Å². The van der Waals surface area contributed by atoms with Crippen LogP contribution in [0.2, 0.25) is 0 Å². The first-order valence-electron chi connectivity index (χ1n) is 8.94. The second-order valence-electron chi connectivity index (χ2n) is 6.70. The van der Waals surface area contributed by atoms with E-state index in [1.807, 2.05) is 6.08 Å². The van der Waals surface area contributed by atoms with Crippen molar-refractivity contribution in [2.75, 3.05) is 0 Å². The quantitative estimate of drug-likeness (QED) is 0.579. The Hall–Kier alpha value is -1.55. The second-order valence-corrected chi connectivity index (χ2v) is 6.70. The summed E-state index contributed by atoms with van der Waals surface area (Å²) in [5.74, 6) is 1.82. The topological polar surface area (TPSA) is 23.8 Å². The van der Waals surface area contributed by atoms with E-state index in [0.717, 1.165) is 24.7 Å². The lowest BCUT2D eigenvalue weighted by molar-refractivity contribution is 0.254. The first-order chi connectivity index (χ1) is 10.8. The minimum atomic E-state index is 0.892. The zero-order valence-electron chi connectivity index (χ0n) is 13.9. The van der Waals surface area contributed by atoms with Crippen molar-refractivity contribution >= 4 is 0 Å². The molecule has 0 unspecified atom stereocenters. The molecule has 2 rings (SSSR count). The van der Waals surface area contributed by atoms with Crippen LogP contribution in [0.4, 0.5) is 0 Å². The Balaban J connectivity index is 1.64. The third kappa shape index (κ3) is 5.68. The monoisotopic (exact) mass is 295 g/mol. The summed E-state index contributed by atoms with van der Waals surface area (Å²) in [6.45, 7) is 2.21. The molecule has 1 nitrogen and oxygen atoms in total. The Labute approximate surface area is 136 Å². The zero-order chi connectivity index (χ0) is 15.6. The first-order valence-corrected chi connectivity index (χ1v) is 8.94. The smallest absolute Gasteiger partial charge is 0.0908 e. The minimum absolute atomic E-state index is 0.892. The zero-order valence-corrected chi connectivity index (χ0v) is 13.9. The molecule has 1 fully saturated rings. The molecule has 1 aromatic rings. The molecule has 22 heavy (non-hydrogen) atoms. The van der Waals surface area contributed by atoms with Crippen molar-refractivity contribution in [1.82, 2.24) is 0 Å². The van der Waals surface area contributed by atoms with Crippen molar-refractivity contribution in [1.29, 1.82) is 5.26 Å². The molecule has 0 radical (unpaired) electrons. The highest BCUT2D eigenvalue weighted by Gasteiger charge is 2.20. The van der Waals surface area contributed by atoms with E-state index in [0.29, 0.717) is 0 Å². The van der Waals surface area contributed by atoms with Gasteiger partial charge < -0.3 is 0 Å². The van der Waals surface area contributed by atoms with E-state index in [4.69, 9.17) is 5.26 Å². The van der Waals surface area contributed by atoms with Gasteiger partial charge in [-0.15, -0.1) is 0 Å². The van der Waals surface area contributed by atoms with E-state index >= 15 is 0 Å². The van der Waals surface area contributed by atoms with Crippen LogP contribution in [-0.2, 0) is 12.8 Å². The molecule has 0 saturated heterocycles. The van der Waals surface area contributed by atoms with Crippen molar-refractivity contribution in [2.45, 2.75) is 64.7 Å². The third-order valence-corrected chi connectivity index (χ3v) is 5.17. The summed E-state index contributed by atoms with van der Waals surface area (Å²) in [5, 5.41) is 8.48. The van der Waals surface area contributed by atoms with Crippen LogP contribution in [0.15, 0.2) is 36.4 Å². The Kier molecular flexibility index (Phi) is 7.23. The van der Waals surface area contributed by atoms with Crippen molar-refractivity contribution in [3.05, 3.63) is 47.5 Å². The largest absolute Gasteiger partial charge is 0.193 e. The number of nitrogens with zero attached hydrogens (tertiary/aromatic N) is 1. The summed E-state index contributed by atoms with van der Waals surface area (Å²) in [5.41, 5.74) is 2.94. The van der Waals surface area contributed by atoms with Gasteiger partial charge in [-0.2, -0.15) is 5.26 Å². The van der Waals surface area contributed by atoms with Gasteiger partial charge in [0.2, 0.25) is 0 Å². The van der Waals surface area contributed by atoms with Gasteiger partial charge in [0, 0.05) is 6.08 Å². The fraction of sp³-hybridized carbons (Fsp3) is 0.571. The average molecular weight is 295 g/mol. The Morgan fingerprint density at radius 1 is 1.00 bits per heavy atom. The second kappa shape index (κ2) is 9.46. The van der Waals surface area contributed by atoms with E-state index in [2.05, 4.69) is 37.3 Å². The van der Waals surface area contributed by atoms with E-state index in [9.17, 15) is 0 Å². The SMILES string of the molecule is CCc1ccc(CCC2CCC(CCC=CC#N)CC2)cc1. The van der Waals surface area contributed by atoms with Crippen LogP contribution in [0.25, 0.3) is 0 Å². The molecule has 1 aromatic carbocycles. The van der Waals surface area contributed by atoms with Crippen LogP contribution in [0.5, 0.6) is 0 Å². The maximum Gasteiger partial charge on any atom is 0.0908 e. The van der Waals surface area contributed by atoms with Gasteiger partial charge >= 0.3 is 0 Å². The third-order valence-electron chi connectivity index (χ3n) is 5.17. The van der Waals surface area contributed by atoms with Gasteiger partial charge in [-0.05, 0) is 55.1 Å². The Morgan fingerprint density at radius 3 is 2.18 bits per heavy atom. The summed E-state index contributed by atoms with van der Waals surface area (Å²) < 4.78 is 0. The maximum atomic E-state index is 8.48. The van der Waals surface area contributed by atoms with Crippen LogP contribution >= 0.6 is 0 Å². The number of hydrogen-bond donors (Lipinski definition) is 0. The molecule has 0 heterocycles. The van der Waals surface area contributed by atoms with E-state index in [1.165, 1.54) is 56.1 Å². The number of hydrogen-bond acceptors (Lipinski definition) is 1. The van der Waals surface area contributed by atoms with Crippen LogP contribution < -0.4 is 0 Å². The molecule has 0 N–H and O–H groups in total. The summed E-state index contributed by atoms with van der Waals surface area (Å²) in [6.07, 6.45) is 15.3. The number of nitriles is 1. The standard InChI is InChI=1S/C21H29N/c1-2-18-7-9-20(10-8-18)15-16-21-13-11-19(12-14-21)6-4-3-5-17-22/h3,5,7-10,19,21H,2,4,6,11-16H2,1H3. The van der Waals surface area contributed by atoms with E-state index < -0.39 is 0 Å². The van der Waals surface area contributed by atoms with E-state index in [-0.39, 0.29) is 0 Å². The molecular formula is C21H29N. The van der Waals surface area contributed by atoms with Gasteiger partial charge in [-0.3, -0.25) is 0 Å². The fourth-order valence-corrected chi connectivity index (χ4v) is 3.59. The predicted molar refractivity (Wildman–Crippen MR) is 93.6 cm³/mol. The lowest BCUT2D eigenvalue weighted by Gasteiger charge is -2.28. The minimum Gasteiger partial charge on any atom is -0.193 e. The molecule has 0 spiro atoms. The average Bonchev–Trinajstić information content (AvgIpc) is 2.58. The van der Waals surface area contributed by atoms with Crippen molar-refractivity contribution in [3.63, 3.8) is 0 Å². The van der Waals surface area contributed by atoms with Gasteiger partial charge in [-0.25, -0.2) is 0 Å². The molecule has 1 aliphatic rings. The molecule has 0 aliphatic heterocycles. The normalized spacial score (nSPS) is 21.8. The van der Waals surface area contributed by atoms with Crippen LogP contribution in [0, 0.1) is 23.2 Å². The van der Waals surface area contributed by atoms with Crippen molar-refractivity contribution < 1.29 is 0 Å². The highest BCUT2D eigenvalue weighted by atomic mass is 14.3. The lowest BCUT2D eigenvalue weighted by atomic mass is 9.78. The highest BCUT2D eigenvalue weighted by Crippen LogP contribution is 2.34. The lowest BCUT2D eigenvalue weighted by Crippen LogP contribution is -2.15. The first kappa shape index (κ1) is 16.8. The molecule has 0 atom stereocenters. The van der Waals surface area contributed by atoms with Gasteiger partial charge in [0.15, 0.2) is 0 Å².